The van der Waals surface area contributed by atoms with Gasteiger partial charge in [0.15, 0.2) is 0 Å². The van der Waals surface area contributed by atoms with Crippen LogP contribution in [0.1, 0.15) is 0 Å². The molecule has 10 nitrogen and oxygen atoms in total. The minimum atomic E-state index is -0.0354. The van der Waals surface area contributed by atoms with Crippen LogP contribution in [0.4, 0.5) is 11.6 Å². The standard InChI is InChI=1S/C27H32N8O2/c1-28-27-30-6-5-24(32-27)21-15-20-3-4-22(37-2)17-23(20)25(16-21)31-26(36)18-34-12-9-33(10-13-34)11-14-35-8-7-29-19-35/h3-8,15-17,19H,9-14,18H2,1-2H3,(H,31,36)(H,28,30,32). The van der Waals surface area contributed by atoms with Crippen LogP contribution in [0.3, 0.4) is 0 Å². The van der Waals surface area contributed by atoms with Crippen LogP contribution in [-0.4, -0.2) is 88.7 Å². The van der Waals surface area contributed by atoms with Crippen LogP contribution in [0.2, 0.25) is 0 Å². The largest absolute Gasteiger partial charge is 0.497 e. The van der Waals surface area contributed by atoms with Crippen LogP contribution in [0, 0.1) is 0 Å². The predicted molar refractivity (Wildman–Crippen MR) is 145 cm³/mol. The van der Waals surface area contributed by atoms with Crippen LogP contribution in [-0.2, 0) is 11.3 Å². The van der Waals surface area contributed by atoms with Crippen molar-refractivity contribution in [3.05, 3.63) is 61.3 Å². The van der Waals surface area contributed by atoms with Crippen LogP contribution in [0.15, 0.2) is 61.3 Å². The molecule has 0 atom stereocenters. The molecule has 3 heterocycles. The summed E-state index contributed by atoms with van der Waals surface area (Å²) in [4.78, 5) is 30.7. The number of imidazole rings is 1. The number of anilines is 2. The van der Waals surface area contributed by atoms with E-state index in [0.717, 1.165) is 72.7 Å². The zero-order valence-electron chi connectivity index (χ0n) is 21.2. The molecule has 0 radical (unpaired) electrons. The van der Waals surface area contributed by atoms with E-state index in [-0.39, 0.29) is 5.91 Å². The topological polar surface area (TPSA) is 100 Å². The first-order valence-corrected chi connectivity index (χ1v) is 12.4. The van der Waals surface area contributed by atoms with Crippen molar-refractivity contribution in [3.8, 4) is 17.0 Å². The van der Waals surface area contributed by atoms with E-state index >= 15 is 0 Å². The second-order valence-electron chi connectivity index (χ2n) is 9.09. The van der Waals surface area contributed by atoms with Gasteiger partial charge in [-0.2, -0.15) is 0 Å². The molecule has 1 aliphatic rings. The van der Waals surface area contributed by atoms with Crippen LogP contribution in [0.25, 0.3) is 22.0 Å². The molecule has 0 bridgehead atoms. The molecule has 5 rings (SSSR count). The minimum Gasteiger partial charge on any atom is -0.497 e. The van der Waals surface area contributed by atoms with Crippen molar-refractivity contribution in [1.29, 1.82) is 0 Å². The predicted octanol–water partition coefficient (Wildman–Crippen LogP) is 2.80. The Balaban J connectivity index is 1.28. The average molecular weight is 501 g/mol. The molecule has 1 amide bonds. The third kappa shape index (κ3) is 6.04. The van der Waals surface area contributed by atoms with Gasteiger partial charge in [0.25, 0.3) is 0 Å². The number of benzene rings is 2. The van der Waals surface area contributed by atoms with Gasteiger partial charge in [-0.1, -0.05) is 6.07 Å². The summed E-state index contributed by atoms with van der Waals surface area (Å²) >= 11 is 0. The van der Waals surface area contributed by atoms with Crippen LogP contribution < -0.4 is 15.4 Å². The first kappa shape index (κ1) is 24.7. The maximum absolute atomic E-state index is 13.1. The number of nitrogens with zero attached hydrogens (tertiary/aromatic N) is 6. The van der Waals surface area contributed by atoms with E-state index in [1.165, 1.54) is 0 Å². The van der Waals surface area contributed by atoms with Gasteiger partial charge in [-0.15, -0.1) is 0 Å². The molecule has 4 aromatic rings. The summed E-state index contributed by atoms with van der Waals surface area (Å²) < 4.78 is 7.53. The highest BCUT2D eigenvalue weighted by Crippen LogP contribution is 2.33. The maximum Gasteiger partial charge on any atom is 0.238 e. The van der Waals surface area contributed by atoms with Crippen LogP contribution in [0.5, 0.6) is 5.75 Å². The van der Waals surface area contributed by atoms with E-state index in [0.29, 0.717) is 12.5 Å². The normalized spacial score (nSPS) is 14.5. The van der Waals surface area contributed by atoms with E-state index in [4.69, 9.17) is 4.74 Å². The van der Waals surface area contributed by atoms with Crippen molar-refractivity contribution in [2.45, 2.75) is 6.54 Å². The van der Waals surface area contributed by atoms with Crippen molar-refractivity contribution in [2.24, 2.45) is 0 Å². The molecule has 0 aliphatic carbocycles. The van der Waals surface area contributed by atoms with Gasteiger partial charge in [0.05, 0.1) is 25.7 Å². The molecule has 0 unspecified atom stereocenters. The van der Waals surface area contributed by atoms with Gasteiger partial charge in [0.1, 0.15) is 5.75 Å². The monoisotopic (exact) mass is 500 g/mol. The molecule has 1 fully saturated rings. The molecule has 37 heavy (non-hydrogen) atoms. The number of hydrogen-bond acceptors (Lipinski definition) is 8. The zero-order chi connectivity index (χ0) is 25.6. The molecule has 1 saturated heterocycles. The van der Waals surface area contributed by atoms with Gasteiger partial charge in [-0.25, -0.2) is 15.0 Å². The van der Waals surface area contributed by atoms with E-state index in [1.54, 1.807) is 26.6 Å². The van der Waals surface area contributed by atoms with Crippen molar-refractivity contribution in [3.63, 3.8) is 0 Å². The number of aromatic nitrogens is 4. The number of piperazine rings is 1. The van der Waals surface area contributed by atoms with Crippen molar-refractivity contribution >= 4 is 28.3 Å². The summed E-state index contributed by atoms with van der Waals surface area (Å²) in [6.07, 6.45) is 7.36. The van der Waals surface area contributed by atoms with Crippen molar-refractivity contribution in [1.82, 2.24) is 29.3 Å². The van der Waals surface area contributed by atoms with Crippen molar-refractivity contribution < 1.29 is 9.53 Å². The summed E-state index contributed by atoms with van der Waals surface area (Å²) in [7, 11) is 3.43. The third-order valence-corrected chi connectivity index (χ3v) is 6.68. The number of fused-ring (bicyclic) bond motifs is 1. The molecule has 192 valence electrons. The Kier molecular flexibility index (Phi) is 7.57. The number of methoxy groups -OCH3 is 1. The number of nitrogens with one attached hydrogen (secondary N) is 2. The van der Waals surface area contributed by atoms with Gasteiger partial charge in [0, 0.05) is 81.5 Å². The fourth-order valence-electron chi connectivity index (χ4n) is 4.59. The Morgan fingerprint density at radius 1 is 1.03 bits per heavy atom. The molecule has 2 N–H and O–H groups in total. The lowest BCUT2D eigenvalue weighted by atomic mass is 10.0. The Labute approximate surface area is 216 Å². The van der Waals surface area contributed by atoms with Crippen molar-refractivity contribution in [2.75, 3.05) is 64.1 Å². The molecule has 2 aromatic carbocycles. The summed E-state index contributed by atoms with van der Waals surface area (Å²) in [5.41, 5.74) is 2.41. The highest BCUT2D eigenvalue weighted by molar-refractivity contribution is 6.05. The number of carbonyl (C=O) groups excluding carboxylic acids is 1. The molecule has 0 saturated carbocycles. The van der Waals surface area contributed by atoms with E-state index < -0.39 is 0 Å². The molecular weight excluding hydrogens is 468 g/mol. The zero-order valence-corrected chi connectivity index (χ0v) is 21.2. The smallest absolute Gasteiger partial charge is 0.238 e. The third-order valence-electron chi connectivity index (χ3n) is 6.68. The summed E-state index contributed by atoms with van der Waals surface area (Å²) in [6.45, 7) is 5.87. The lowest BCUT2D eigenvalue weighted by Crippen LogP contribution is -2.49. The van der Waals surface area contributed by atoms with Crippen LogP contribution >= 0.6 is 0 Å². The Morgan fingerprint density at radius 3 is 2.62 bits per heavy atom. The molecular formula is C27H32N8O2. The Hall–Kier alpha value is -4.02. The number of amides is 1. The van der Waals surface area contributed by atoms with Gasteiger partial charge in [-0.05, 0) is 35.7 Å². The second kappa shape index (κ2) is 11.4. The van der Waals surface area contributed by atoms with Gasteiger partial charge in [0.2, 0.25) is 11.9 Å². The first-order valence-electron chi connectivity index (χ1n) is 12.4. The number of rotatable bonds is 9. The lowest BCUT2D eigenvalue weighted by Gasteiger charge is -2.34. The summed E-state index contributed by atoms with van der Waals surface area (Å²) in [5, 5.41) is 8.05. The van der Waals surface area contributed by atoms with E-state index in [1.807, 2.05) is 42.9 Å². The minimum absolute atomic E-state index is 0.0354. The fourth-order valence-corrected chi connectivity index (χ4v) is 4.59. The quantitative estimate of drug-likeness (QED) is 0.362. The SMILES string of the molecule is CNc1nccc(-c2cc(NC(=O)CN3CCN(CCn4ccnc4)CC3)c3cc(OC)ccc3c2)n1. The first-order chi connectivity index (χ1) is 18.1. The second-order valence-corrected chi connectivity index (χ2v) is 9.09. The number of carbonyl (C=O) groups is 1. The molecule has 0 spiro atoms. The summed E-state index contributed by atoms with van der Waals surface area (Å²) in [6, 6.07) is 11.8. The number of hydrogen-bond donors (Lipinski definition) is 2. The lowest BCUT2D eigenvalue weighted by molar-refractivity contribution is -0.117. The van der Waals surface area contributed by atoms with E-state index in [9.17, 15) is 4.79 Å². The highest BCUT2D eigenvalue weighted by Gasteiger charge is 2.19. The van der Waals surface area contributed by atoms with Gasteiger partial charge < -0.3 is 19.9 Å². The maximum atomic E-state index is 13.1. The molecule has 10 heteroatoms. The fraction of sp³-hybridized carbons (Fsp3) is 0.333. The highest BCUT2D eigenvalue weighted by atomic mass is 16.5. The summed E-state index contributed by atoms with van der Waals surface area (Å²) in [5.74, 6) is 1.25. The molecule has 2 aromatic heterocycles. The van der Waals surface area contributed by atoms with E-state index in [2.05, 4.69) is 46.0 Å². The van der Waals surface area contributed by atoms with Gasteiger partial charge in [-0.3, -0.25) is 14.6 Å². The Bertz CT molecular complexity index is 1350. The Morgan fingerprint density at radius 2 is 1.86 bits per heavy atom. The molecule has 1 aliphatic heterocycles. The average Bonchev–Trinajstić information content (AvgIpc) is 3.46. The number of ether oxygens (including phenoxy) is 1. The van der Waals surface area contributed by atoms with Gasteiger partial charge >= 0.3 is 0 Å².